The zero-order valence-electron chi connectivity index (χ0n) is 8.74. The number of nitrogens with zero attached hydrogens (tertiary/aromatic N) is 2. The van der Waals surface area contributed by atoms with Gasteiger partial charge in [0.2, 0.25) is 0 Å². The number of halogens is 1. The van der Waals surface area contributed by atoms with Crippen molar-refractivity contribution in [1.82, 2.24) is 9.78 Å². The molecule has 0 spiro atoms. The molecule has 0 saturated heterocycles. The van der Waals surface area contributed by atoms with Gasteiger partial charge >= 0.3 is 0 Å². The Hall–Kier alpha value is -0.580. The van der Waals surface area contributed by atoms with Crippen molar-refractivity contribution in [2.45, 2.75) is 31.4 Å². The topological polar surface area (TPSA) is 47.3 Å². The van der Waals surface area contributed by atoms with Gasteiger partial charge in [-0.2, -0.15) is 5.10 Å². The summed E-state index contributed by atoms with van der Waals surface area (Å²) in [5.74, 6) is 0. The van der Waals surface area contributed by atoms with E-state index < -0.39 is 5.60 Å². The second kappa shape index (κ2) is 4.12. The van der Waals surface area contributed by atoms with Gasteiger partial charge in [-0.15, -0.1) is 0 Å². The van der Waals surface area contributed by atoms with Crippen LogP contribution in [0.2, 0.25) is 5.02 Å². The molecule has 1 saturated carbocycles. The predicted octanol–water partition coefficient (Wildman–Crippen LogP) is 1.55. The maximum absolute atomic E-state index is 10.2. The second-order valence-electron chi connectivity index (χ2n) is 3.94. The van der Waals surface area contributed by atoms with Crippen LogP contribution < -0.4 is 0 Å². The lowest BCUT2D eigenvalue weighted by molar-refractivity contribution is -0.0468. The Bertz CT molecular complexity index is 347. The number of hydrogen-bond donors (Lipinski definition) is 1. The van der Waals surface area contributed by atoms with E-state index in [1.807, 2.05) is 0 Å². The maximum Gasteiger partial charge on any atom is 0.108 e. The highest BCUT2D eigenvalue weighted by Crippen LogP contribution is 2.43. The van der Waals surface area contributed by atoms with E-state index >= 15 is 0 Å². The summed E-state index contributed by atoms with van der Waals surface area (Å²) >= 11 is 6.04. The number of methoxy groups -OCH3 is 1. The molecule has 1 N–H and O–H groups in total. The summed E-state index contributed by atoms with van der Waals surface area (Å²) in [5.41, 5.74) is -0.0195. The fourth-order valence-electron chi connectivity index (χ4n) is 1.92. The Labute approximate surface area is 93.8 Å². The predicted molar refractivity (Wildman–Crippen MR) is 56.9 cm³/mol. The number of hydrogen-bond acceptors (Lipinski definition) is 3. The van der Waals surface area contributed by atoms with Crippen molar-refractivity contribution in [2.75, 3.05) is 13.7 Å². The fourth-order valence-corrected chi connectivity index (χ4v) is 2.24. The first-order valence-corrected chi connectivity index (χ1v) is 5.48. The van der Waals surface area contributed by atoms with Crippen LogP contribution in [-0.4, -0.2) is 28.6 Å². The highest BCUT2D eigenvalue weighted by molar-refractivity contribution is 6.31. The summed E-state index contributed by atoms with van der Waals surface area (Å²) in [6, 6.07) is 0. The Morgan fingerprint density at radius 3 is 2.93 bits per heavy atom. The average Bonchev–Trinajstić information content (AvgIpc) is 2.53. The highest BCUT2D eigenvalue weighted by Gasteiger charge is 2.40. The van der Waals surface area contributed by atoms with Gasteiger partial charge in [0.05, 0.1) is 30.1 Å². The van der Waals surface area contributed by atoms with E-state index in [0.717, 1.165) is 25.0 Å². The van der Waals surface area contributed by atoms with Crippen molar-refractivity contribution in [1.29, 1.82) is 0 Å². The van der Waals surface area contributed by atoms with Gasteiger partial charge in [0.1, 0.15) is 5.60 Å². The molecule has 0 unspecified atom stereocenters. The van der Waals surface area contributed by atoms with E-state index in [9.17, 15) is 5.11 Å². The summed E-state index contributed by atoms with van der Waals surface area (Å²) < 4.78 is 6.73. The smallest absolute Gasteiger partial charge is 0.108 e. The molecule has 1 aliphatic carbocycles. The number of aliphatic hydroxyl groups is 1. The standard InChI is InChI=1S/C10H15ClN2O2/c1-15-6-5-13-9(8(11)7-12-13)10(14)3-2-4-10/h7,14H,2-6H2,1H3. The quantitative estimate of drug-likeness (QED) is 0.854. The van der Waals surface area contributed by atoms with Crippen LogP contribution in [0.1, 0.15) is 25.0 Å². The lowest BCUT2D eigenvalue weighted by Gasteiger charge is -2.37. The summed E-state index contributed by atoms with van der Waals surface area (Å²) in [6.45, 7) is 1.20. The van der Waals surface area contributed by atoms with Gasteiger partial charge in [-0.25, -0.2) is 0 Å². The van der Waals surface area contributed by atoms with Crippen LogP contribution in [0.4, 0.5) is 0 Å². The van der Waals surface area contributed by atoms with Crippen molar-refractivity contribution >= 4 is 11.6 Å². The molecule has 4 nitrogen and oxygen atoms in total. The van der Waals surface area contributed by atoms with Crippen molar-refractivity contribution in [3.8, 4) is 0 Å². The molecule has 1 aromatic rings. The zero-order chi connectivity index (χ0) is 10.9. The molecule has 1 aromatic heterocycles. The van der Waals surface area contributed by atoms with E-state index in [1.165, 1.54) is 0 Å². The first-order chi connectivity index (χ1) is 7.17. The molecule has 0 amide bonds. The molecule has 15 heavy (non-hydrogen) atoms. The van der Waals surface area contributed by atoms with Crippen LogP contribution in [0, 0.1) is 0 Å². The third-order valence-electron chi connectivity index (χ3n) is 2.92. The summed E-state index contributed by atoms with van der Waals surface area (Å²) in [7, 11) is 1.64. The van der Waals surface area contributed by atoms with Gasteiger partial charge in [-0.3, -0.25) is 4.68 Å². The van der Waals surface area contributed by atoms with E-state index in [2.05, 4.69) is 5.10 Å². The third-order valence-corrected chi connectivity index (χ3v) is 3.20. The molecule has 1 fully saturated rings. The molecule has 0 bridgehead atoms. The fraction of sp³-hybridized carbons (Fsp3) is 0.700. The minimum absolute atomic E-state index is 0.549. The van der Waals surface area contributed by atoms with Crippen LogP contribution >= 0.6 is 11.6 Å². The number of rotatable bonds is 4. The molecule has 5 heteroatoms. The molecule has 2 rings (SSSR count). The Balaban J connectivity index is 2.23. The van der Waals surface area contributed by atoms with Crippen LogP contribution in [0.25, 0.3) is 0 Å². The minimum atomic E-state index is -0.763. The molecule has 0 atom stereocenters. The van der Waals surface area contributed by atoms with Crippen LogP contribution in [0.3, 0.4) is 0 Å². The normalized spacial score (nSPS) is 18.9. The Morgan fingerprint density at radius 2 is 2.40 bits per heavy atom. The van der Waals surface area contributed by atoms with Gasteiger partial charge in [-0.1, -0.05) is 11.6 Å². The van der Waals surface area contributed by atoms with Crippen LogP contribution in [0.15, 0.2) is 6.20 Å². The van der Waals surface area contributed by atoms with Crippen molar-refractivity contribution in [3.05, 3.63) is 16.9 Å². The van der Waals surface area contributed by atoms with Gasteiger partial charge in [-0.05, 0) is 19.3 Å². The summed E-state index contributed by atoms with van der Waals surface area (Å²) in [6.07, 6.45) is 4.17. The first-order valence-electron chi connectivity index (χ1n) is 5.10. The number of aromatic nitrogens is 2. The van der Waals surface area contributed by atoms with Gasteiger partial charge in [0.15, 0.2) is 0 Å². The Morgan fingerprint density at radius 1 is 1.67 bits per heavy atom. The van der Waals surface area contributed by atoms with Gasteiger partial charge in [0.25, 0.3) is 0 Å². The maximum atomic E-state index is 10.2. The molecular formula is C10H15ClN2O2. The third kappa shape index (κ3) is 1.89. The average molecular weight is 231 g/mol. The van der Waals surface area contributed by atoms with Crippen LogP contribution in [-0.2, 0) is 16.9 Å². The minimum Gasteiger partial charge on any atom is -0.384 e. The number of ether oxygens (including phenoxy) is 1. The lowest BCUT2D eigenvalue weighted by atomic mass is 9.78. The van der Waals surface area contributed by atoms with Gasteiger partial charge < -0.3 is 9.84 Å². The lowest BCUT2D eigenvalue weighted by Crippen LogP contribution is -2.36. The molecule has 0 radical (unpaired) electrons. The van der Waals surface area contributed by atoms with E-state index in [-0.39, 0.29) is 0 Å². The second-order valence-corrected chi connectivity index (χ2v) is 4.35. The first kappa shape index (κ1) is 10.9. The highest BCUT2D eigenvalue weighted by atomic mass is 35.5. The molecular weight excluding hydrogens is 216 g/mol. The SMILES string of the molecule is COCCn1ncc(Cl)c1C1(O)CCC1. The molecule has 84 valence electrons. The van der Waals surface area contributed by atoms with E-state index in [4.69, 9.17) is 16.3 Å². The van der Waals surface area contributed by atoms with Crippen LogP contribution in [0.5, 0.6) is 0 Å². The van der Waals surface area contributed by atoms with E-state index in [1.54, 1.807) is 18.0 Å². The largest absolute Gasteiger partial charge is 0.384 e. The van der Waals surface area contributed by atoms with Crippen molar-refractivity contribution < 1.29 is 9.84 Å². The van der Waals surface area contributed by atoms with E-state index in [0.29, 0.717) is 18.2 Å². The monoisotopic (exact) mass is 230 g/mol. The summed E-state index contributed by atoms with van der Waals surface area (Å²) in [5, 5.41) is 14.9. The van der Waals surface area contributed by atoms with Gasteiger partial charge in [0, 0.05) is 7.11 Å². The van der Waals surface area contributed by atoms with Crippen molar-refractivity contribution in [2.24, 2.45) is 0 Å². The molecule has 0 aliphatic heterocycles. The zero-order valence-corrected chi connectivity index (χ0v) is 9.50. The summed E-state index contributed by atoms with van der Waals surface area (Å²) in [4.78, 5) is 0. The van der Waals surface area contributed by atoms with Crippen molar-refractivity contribution in [3.63, 3.8) is 0 Å². The Kier molecular flexibility index (Phi) is 3.00. The molecule has 1 heterocycles. The molecule has 1 aliphatic rings. The molecule has 0 aromatic carbocycles.